The Balaban J connectivity index is 2.50. The van der Waals surface area contributed by atoms with E-state index < -0.39 is 0 Å². The summed E-state index contributed by atoms with van der Waals surface area (Å²) < 4.78 is 0. The first-order valence-corrected chi connectivity index (χ1v) is 5.86. The standard InChI is InChI=1S/C12H25N/c1-5-6-9-12(4)10(2)7-8-11(3)13-12/h10-11,13H,5-9H2,1-4H3. The van der Waals surface area contributed by atoms with Crippen molar-refractivity contribution in [1.29, 1.82) is 0 Å². The van der Waals surface area contributed by atoms with Gasteiger partial charge >= 0.3 is 0 Å². The molecule has 1 rings (SSSR count). The van der Waals surface area contributed by atoms with E-state index in [9.17, 15) is 0 Å². The van der Waals surface area contributed by atoms with E-state index in [-0.39, 0.29) is 0 Å². The van der Waals surface area contributed by atoms with Crippen molar-refractivity contribution < 1.29 is 0 Å². The Hall–Kier alpha value is -0.0400. The Morgan fingerprint density at radius 1 is 1.31 bits per heavy atom. The quantitative estimate of drug-likeness (QED) is 0.707. The van der Waals surface area contributed by atoms with Crippen LogP contribution in [0.3, 0.4) is 0 Å². The molecule has 0 bridgehead atoms. The molecule has 13 heavy (non-hydrogen) atoms. The Kier molecular flexibility index (Phi) is 3.78. The van der Waals surface area contributed by atoms with E-state index in [1.807, 2.05) is 0 Å². The van der Waals surface area contributed by atoms with Crippen LogP contribution in [0.25, 0.3) is 0 Å². The molecule has 0 aromatic carbocycles. The van der Waals surface area contributed by atoms with Gasteiger partial charge in [0.15, 0.2) is 0 Å². The maximum atomic E-state index is 3.78. The highest BCUT2D eigenvalue weighted by Gasteiger charge is 2.34. The molecule has 0 radical (unpaired) electrons. The summed E-state index contributed by atoms with van der Waals surface area (Å²) in [6.07, 6.45) is 6.77. The Morgan fingerprint density at radius 2 is 2.00 bits per heavy atom. The summed E-state index contributed by atoms with van der Waals surface area (Å²) in [4.78, 5) is 0. The molecule has 0 aliphatic carbocycles. The summed E-state index contributed by atoms with van der Waals surface area (Å²) in [6.45, 7) is 9.40. The van der Waals surface area contributed by atoms with Crippen molar-refractivity contribution in [3.05, 3.63) is 0 Å². The van der Waals surface area contributed by atoms with Gasteiger partial charge in [0, 0.05) is 11.6 Å². The fourth-order valence-electron chi connectivity index (χ4n) is 2.46. The lowest BCUT2D eigenvalue weighted by Gasteiger charge is -2.44. The van der Waals surface area contributed by atoms with Crippen molar-refractivity contribution in [2.75, 3.05) is 0 Å². The number of piperidine rings is 1. The van der Waals surface area contributed by atoms with Crippen LogP contribution in [0.2, 0.25) is 0 Å². The maximum Gasteiger partial charge on any atom is 0.0181 e. The number of nitrogens with one attached hydrogen (secondary N) is 1. The zero-order chi connectivity index (χ0) is 9.90. The molecular weight excluding hydrogens is 158 g/mol. The van der Waals surface area contributed by atoms with Gasteiger partial charge in [0.1, 0.15) is 0 Å². The van der Waals surface area contributed by atoms with Gasteiger partial charge < -0.3 is 5.32 Å². The summed E-state index contributed by atoms with van der Waals surface area (Å²) in [5, 5.41) is 3.78. The number of hydrogen-bond donors (Lipinski definition) is 1. The molecule has 1 aliphatic heterocycles. The van der Waals surface area contributed by atoms with Crippen molar-refractivity contribution in [3.8, 4) is 0 Å². The average molecular weight is 183 g/mol. The van der Waals surface area contributed by atoms with E-state index in [1.165, 1.54) is 32.1 Å². The van der Waals surface area contributed by atoms with Crippen LogP contribution in [0.4, 0.5) is 0 Å². The molecule has 3 atom stereocenters. The summed E-state index contributed by atoms with van der Waals surface area (Å²) in [6, 6.07) is 0.720. The molecule has 1 fully saturated rings. The molecule has 1 saturated heterocycles. The van der Waals surface area contributed by atoms with Gasteiger partial charge in [0.25, 0.3) is 0 Å². The van der Waals surface area contributed by atoms with Crippen molar-refractivity contribution in [2.24, 2.45) is 5.92 Å². The normalized spacial score (nSPS) is 40.6. The van der Waals surface area contributed by atoms with Gasteiger partial charge in [0.2, 0.25) is 0 Å². The molecule has 1 heterocycles. The Morgan fingerprint density at radius 3 is 2.62 bits per heavy atom. The zero-order valence-electron chi connectivity index (χ0n) is 9.69. The van der Waals surface area contributed by atoms with E-state index in [0.717, 1.165) is 12.0 Å². The zero-order valence-corrected chi connectivity index (χ0v) is 9.69. The first-order valence-electron chi connectivity index (χ1n) is 5.86. The van der Waals surface area contributed by atoms with Crippen LogP contribution in [-0.4, -0.2) is 11.6 Å². The topological polar surface area (TPSA) is 12.0 Å². The van der Waals surface area contributed by atoms with Gasteiger partial charge in [-0.1, -0.05) is 26.7 Å². The molecule has 0 aromatic rings. The number of hydrogen-bond acceptors (Lipinski definition) is 1. The summed E-state index contributed by atoms with van der Waals surface area (Å²) in [5.74, 6) is 0.843. The first kappa shape index (κ1) is 11.0. The third-order valence-corrected chi connectivity index (χ3v) is 3.75. The minimum Gasteiger partial charge on any atom is -0.309 e. The van der Waals surface area contributed by atoms with Crippen molar-refractivity contribution in [2.45, 2.75) is 71.4 Å². The Labute approximate surface area is 83.3 Å². The minimum absolute atomic E-state index is 0.410. The molecule has 1 nitrogen and oxygen atoms in total. The molecule has 1 aliphatic rings. The lowest BCUT2D eigenvalue weighted by Crippen LogP contribution is -2.55. The highest BCUT2D eigenvalue weighted by Crippen LogP contribution is 2.32. The second-order valence-electron chi connectivity index (χ2n) is 5.04. The van der Waals surface area contributed by atoms with E-state index in [4.69, 9.17) is 0 Å². The van der Waals surface area contributed by atoms with Gasteiger partial charge in [0.05, 0.1) is 0 Å². The van der Waals surface area contributed by atoms with Gasteiger partial charge in [-0.15, -0.1) is 0 Å². The van der Waals surface area contributed by atoms with Crippen molar-refractivity contribution >= 4 is 0 Å². The van der Waals surface area contributed by atoms with E-state index in [0.29, 0.717) is 5.54 Å². The predicted octanol–water partition coefficient (Wildman–Crippen LogP) is 3.34. The van der Waals surface area contributed by atoms with Gasteiger partial charge in [-0.2, -0.15) is 0 Å². The highest BCUT2D eigenvalue weighted by atomic mass is 15.0. The van der Waals surface area contributed by atoms with Crippen LogP contribution in [0.15, 0.2) is 0 Å². The van der Waals surface area contributed by atoms with Crippen LogP contribution in [0.1, 0.15) is 59.8 Å². The lowest BCUT2D eigenvalue weighted by molar-refractivity contribution is 0.144. The lowest BCUT2D eigenvalue weighted by atomic mass is 9.76. The number of unbranched alkanes of at least 4 members (excludes halogenated alkanes) is 1. The largest absolute Gasteiger partial charge is 0.309 e. The second kappa shape index (κ2) is 4.45. The first-order chi connectivity index (χ1) is 6.08. The van der Waals surface area contributed by atoms with E-state index >= 15 is 0 Å². The molecule has 3 unspecified atom stereocenters. The summed E-state index contributed by atoms with van der Waals surface area (Å²) in [5.41, 5.74) is 0.410. The molecule has 0 saturated carbocycles. The van der Waals surface area contributed by atoms with Crippen molar-refractivity contribution in [1.82, 2.24) is 5.32 Å². The highest BCUT2D eigenvalue weighted by molar-refractivity contribution is 4.94. The second-order valence-corrected chi connectivity index (χ2v) is 5.04. The van der Waals surface area contributed by atoms with Crippen LogP contribution in [0, 0.1) is 5.92 Å². The number of rotatable bonds is 3. The van der Waals surface area contributed by atoms with Gasteiger partial charge in [-0.05, 0) is 39.0 Å². The molecular formula is C12H25N. The molecule has 78 valence electrons. The van der Waals surface area contributed by atoms with Crippen LogP contribution in [0.5, 0.6) is 0 Å². The van der Waals surface area contributed by atoms with Crippen LogP contribution < -0.4 is 5.32 Å². The maximum absolute atomic E-state index is 3.78. The summed E-state index contributed by atoms with van der Waals surface area (Å²) >= 11 is 0. The van der Waals surface area contributed by atoms with Crippen LogP contribution in [-0.2, 0) is 0 Å². The molecule has 1 N–H and O–H groups in total. The average Bonchev–Trinajstić information content (AvgIpc) is 2.09. The molecule has 0 amide bonds. The monoisotopic (exact) mass is 183 g/mol. The molecule has 1 heteroatoms. The fourth-order valence-corrected chi connectivity index (χ4v) is 2.46. The van der Waals surface area contributed by atoms with Crippen LogP contribution >= 0.6 is 0 Å². The fraction of sp³-hybridized carbons (Fsp3) is 1.00. The van der Waals surface area contributed by atoms with E-state index in [1.54, 1.807) is 0 Å². The predicted molar refractivity (Wildman–Crippen MR) is 58.9 cm³/mol. The summed E-state index contributed by atoms with van der Waals surface area (Å²) in [7, 11) is 0. The van der Waals surface area contributed by atoms with E-state index in [2.05, 4.69) is 33.0 Å². The van der Waals surface area contributed by atoms with Crippen molar-refractivity contribution in [3.63, 3.8) is 0 Å². The van der Waals surface area contributed by atoms with Gasteiger partial charge in [-0.25, -0.2) is 0 Å². The Bertz CT molecular complexity index is 155. The third-order valence-electron chi connectivity index (χ3n) is 3.75. The SMILES string of the molecule is CCCCC1(C)NC(C)CCC1C. The molecule has 0 spiro atoms. The minimum atomic E-state index is 0.410. The smallest absolute Gasteiger partial charge is 0.0181 e. The van der Waals surface area contributed by atoms with Gasteiger partial charge in [-0.3, -0.25) is 0 Å². The molecule has 0 aromatic heterocycles. The third kappa shape index (κ3) is 2.70.